The number of amides is 2. The molecule has 0 bridgehead atoms. The zero-order chi connectivity index (χ0) is 21.8. The maximum atomic E-state index is 12.8. The first kappa shape index (κ1) is 22.4. The molecule has 11 nitrogen and oxygen atoms in total. The highest BCUT2D eigenvalue weighted by atomic mass is 32.2. The molecule has 2 atom stereocenters. The Kier molecular flexibility index (Phi) is 7.23. The second-order valence-corrected chi connectivity index (χ2v) is 9.14. The van der Waals surface area contributed by atoms with E-state index in [1.807, 2.05) is 6.26 Å². The van der Waals surface area contributed by atoms with Crippen LogP contribution >= 0.6 is 34.9 Å². The Morgan fingerprint density at radius 3 is 2.90 bits per heavy atom. The summed E-state index contributed by atoms with van der Waals surface area (Å²) in [5.74, 6) is -1.36. The van der Waals surface area contributed by atoms with Gasteiger partial charge in [0.1, 0.15) is 29.4 Å². The van der Waals surface area contributed by atoms with Crippen LogP contribution in [0, 0.1) is 0 Å². The highest BCUT2D eigenvalue weighted by Crippen LogP contribution is 2.40. The highest BCUT2D eigenvalue weighted by molar-refractivity contribution is 8.00. The molecule has 162 valence electrons. The van der Waals surface area contributed by atoms with E-state index in [4.69, 9.17) is 16.3 Å². The number of thioether (sulfide) groups is 2. The standard InChI is InChI=1S/C16H20N6O5S3/c1-28-3-2-27-21-9(8-6-30-16(18)19-8)12(23)20-10-13(24)22-11(15(25)26)7(4-17)5-29-14(10)22/h6,10,14H,2-5,17H2,1H3,(H2,18,19)(H,20,23)(H,25,26)/b21-9-/t10?,14-/m1/s1. The molecule has 0 saturated carbocycles. The average Bonchev–Trinajstić information content (AvgIpc) is 3.16. The highest BCUT2D eigenvalue weighted by Gasteiger charge is 2.54. The van der Waals surface area contributed by atoms with E-state index in [2.05, 4.69) is 15.5 Å². The maximum absolute atomic E-state index is 12.8. The monoisotopic (exact) mass is 472 g/mol. The third-order valence-corrected chi connectivity index (χ3v) is 6.89. The number of nitrogens with two attached hydrogens (primary N) is 2. The number of nitrogen functional groups attached to an aromatic ring is 1. The molecule has 0 aromatic carbocycles. The number of carbonyl (C=O) groups is 3. The summed E-state index contributed by atoms with van der Waals surface area (Å²) in [7, 11) is 0. The van der Waals surface area contributed by atoms with Crippen LogP contribution in [0.15, 0.2) is 21.8 Å². The van der Waals surface area contributed by atoms with Gasteiger partial charge in [-0.25, -0.2) is 9.78 Å². The molecular formula is C16H20N6O5S3. The van der Waals surface area contributed by atoms with Crippen molar-refractivity contribution < 1.29 is 24.3 Å². The molecule has 1 aromatic heterocycles. The lowest BCUT2D eigenvalue weighted by molar-refractivity contribution is -0.150. The minimum atomic E-state index is -1.22. The molecule has 2 aliphatic rings. The van der Waals surface area contributed by atoms with Gasteiger partial charge in [0.15, 0.2) is 10.8 Å². The second kappa shape index (κ2) is 9.68. The Morgan fingerprint density at radius 2 is 2.30 bits per heavy atom. The van der Waals surface area contributed by atoms with Crippen molar-refractivity contribution in [1.82, 2.24) is 15.2 Å². The van der Waals surface area contributed by atoms with Crippen molar-refractivity contribution in [2.45, 2.75) is 11.4 Å². The average molecular weight is 473 g/mol. The number of hydrogen-bond acceptors (Lipinski definition) is 11. The second-order valence-electron chi connectivity index (χ2n) is 6.16. The molecule has 1 aromatic rings. The first-order valence-corrected chi connectivity index (χ1v) is 12.0. The number of rotatable bonds is 9. The molecule has 30 heavy (non-hydrogen) atoms. The van der Waals surface area contributed by atoms with E-state index in [0.29, 0.717) is 23.7 Å². The number of hydrogen-bond donors (Lipinski definition) is 4. The Hall–Kier alpha value is -2.29. The van der Waals surface area contributed by atoms with Crippen molar-refractivity contribution in [2.24, 2.45) is 10.9 Å². The summed E-state index contributed by atoms with van der Waals surface area (Å²) >= 11 is 4.04. The molecule has 2 amide bonds. The predicted octanol–water partition coefficient (Wildman–Crippen LogP) is -0.494. The number of carboxylic acids is 1. The molecule has 1 fully saturated rings. The molecule has 3 rings (SSSR count). The number of anilines is 1. The minimum Gasteiger partial charge on any atom is -0.477 e. The van der Waals surface area contributed by atoms with E-state index >= 15 is 0 Å². The number of carbonyl (C=O) groups excluding carboxylic acids is 2. The van der Waals surface area contributed by atoms with Crippen molar-refractivity contribution in [2.75, 3.05) is 36.6 Å². The van der Waals surface area contributed by atoms with Gasteiger partial charge in [0.05, 0.1) is 0 Å². The zero-order valence-electron chi connectivity index (χ0n) is 15.9. The van der Waals surface area contributed by atoms with E-state index in [0.717, 1.165) is 16.2 Å². The van der Waals surface area contributed by atoms with Gasteiger partial charge in [-0.15, -0.1) is 23.1 Å². The van der Waals surface area contributed by atoms with Crippen molar-refractivity contribution >= 4 is 63.5 Å². The normalized spacial score (nSPS) is 21.2. The number of aromatic nitrogens is 1. The van der Waals surface area contributed by atoms with Crippen LogP contribution in [0.25, 0.3) is 0 Å². The van der Waals surface area contributed by atoms with Crippen molar-refractivity contribution in [1.29, 1.82) is 0 Å². The number of thiazole rings is 1. The summed E-state index contributed by atoms with van der Waals surface area (Å²) in [6, 6.07) is -0.899. The van der Waals surface area contributed by atoms with Crippen LogP contribution in [0.5, 0.6) is 0 Å². The first-order valence-electron chi connectivity index (χ1n) is 8.70. The van der Waals surface area contributed by atoms with Crippen LogP contribution < -0.4 is 16.8 Å². The van der Waals surface area contributed by atoms with Crippen LogP contribution in [0.3, 0.4) is 0 Å². The van der Waals surface area contributed by atoms with Gasteiger partial charge < -0.3 is 26.7 Å². The Balaban J connectivity index is 1.76. The van der Waals surface area contributed by atoms with E-state index in [-0.39, 0.29) is 28.8 Å². The molecule has 3 heterocycles. The number of fused-ring (bicyclic) bond motifs is 1. The number of carboxylic acid groups (broad SMARTS) is 1. The topological polar surface area (TPSA) is 173 Å². The maximum Gasteiger partial charge on any atom is 0.352 e. The van der Waals surface area contributed by atoms with E-state index < -0.39 is 29.2 Å². The van der Waals surface area contributed by atoms with E-state index in [9.17, 15) is 19.5 Å². The van der Waals surface area contributed by atoms with Gasteiger partial charge in [0.2, 0.25) is 0 Å². The van der Waals surface area contributed by atoms with Crippen LogP contribution in [0.1, 0.15) is 5.69 Å². The number of β-lactam (4-membered cyclic amide) rings is 1. The van der Waals surface area contributed by atoms with Gasteiger partial charge in [0.25, 0.3) is 11.8 Å². The third-order valence-electron chi connectivity index (χ3n) is 4.30. The van der Waals surface area contributed by atoms with Crippen molar-refractivity contribution in [3.05, 3.63) is 22.3 Å². The van der Waals surface area contributed by atoms with Crippen LogP contribution in [-0.2, 0) is 19.2 Å². The lowest BCUT2D eigenvalue weighted by atomic mass is 10.0. The van der Waals surface area contributed by atoms with Gasteiger partial charge in [0, 0.05) is 23.4 Å². The lowest BCUT2D eigenvalue weighted by Gasteiger charge is -2.49. The van der Waals surface area contributed by atoms with Crippen LogP contribution in [0.4, 0.5) is 5.13 Å². The molecule has 1 saturated heterocycles. The summed E-state index contributed by atoms with van der Waals surface area (Å²) < 4.78 is 0. The number of oxime groups is 1. The third kappa shape index (κ3) is 4.40. The van der Waals surface area contributed by atoms with Crippen molar-refractivity contribution in [3.63, 3.8) is 0 Å². The Morgan fingerprint density at radius 1 is 1.53 bits per heavy atom. The molecule has 1 unspecified atom stereocenters. The zero-order valence-corrected chi connectivity index (χ0v) is 18.3. The quantitative estimate of drug-likeness (QED) is 0.159. The Labute approximate surface area is 184 Å². The van der Waals surface area contributed by atoms with Gasteiger partial charge >= 0.3 is 5.97 Å². The van der Waals surface area contributed by atoms with Crippen LogP contribution in [0.2, 0.25) is 0 Å². The summed E-state index contributed by atoms with van der Waals surface area (Å²) in [4.78, 5) is 47.5. The van der Waals surface area contributed by atoms with E-state index in [1.54, 1.807) is 17.1 Å². The fourth-order valence-corrected chi connectivity index (χ4v) is 5.03. The lowest BCUT2D eigenvalue weighted by Crippen LogP contribution is -2.71. The van der Waals surface area contributed by atoms with Gasteiger partial charge in [-0.1, -0.05) is 5.16 Å². The van der Waals surface area contributed by atoms with Gasteiger partial charge in [-0.05, 0) is 11.8 Å². The molecular weight excluding hydrogens is 452 g/mol. The molecule has 0 spiro atoms. The Bertz CT molecular complexity index is 917. The summed E-state index contributed by atoms with van der Waals surface area (Å²) in [6.45, 7) is 0.332. The summed E-state index contributed by atoms with van der Waals surface area (Å²) in [6.07, 6.45) is 1.91. The van der Waals surface area contributed by atoms with Crippen molar-refractivity contribution in [3.8, 4) is 0 Å². The SMILES string of the molecule is CSCCO/N=C(\C(=O)NC1C(=O)N2C(C(=O)O)=C(CN)CS[C@H]12)c1csc(N)n1. The van der Waals surface area contributed by atoms with E-state index in [1.165, 1.54) is 11.8 Å². The molecule has 0 aliphatic carbocycles. The predicted molar refractivity (Wildman–Crippen MR) is 116 cm³/mol. The number of nitrogens with zero attached hydrogens (tertiary/aromatic N) is 3. The van der Waals surface area contributed by atoms with Gasteiger partial charge in [-0.2, -0.15) is 11.8 Å². The van der Waals surface area contributed by atoms with Gasteiger partial charge in [-0.3, -0.25) is 14.5 Å². The summed E-state index contributed by atoms with van der Waals surface area (Å²) in [5, 5.41) is 17.2. The largest absolute Gasteiger partial charge is 0.477 e. The number of nitrogens with one attached hydrogen (secondary N) is 1. The molecule has 14 heteroatoms. The minimum absolute atomic E-state index is 0.0393. The first-order chi connectivity index (χ1) is 14.4. The molecule has 6 N–H and O–H groups in total. The molecule has 0 radical (unpaired) electrons. The number of aliphatic carboxylic acids is 1. The summed E-state index contributed by atoms with van der Waals surface area (Å²) in [5.41, 5.74) is 11.8. The smallest absolute Gasteiger partial charge is 0.352 e. The fourth-order valence-electron chi connectivity index (χ4n) is 2.88. The molecule has 2 aliphatic heterocycles. The van der Waals surface area contributed by atoms with Crippen LogP contribution in [-0.4, -0.2) is 80.8 Å². The fraction of sp³-hybridized carbons (Fsp3) is 0.438.